The van der Waals surface area contributed by atoms with Gasteiger partial charge in [0.2, 0.25) is 15.8 Å². The minimum Gasteiger partial charge on any atom is -0.463 e. The van der Waals surface area contributed by atoms with Crippen molar-refractivity contribution in [3.63, 3.8) is 0 Å². The highest BCUT2D eigenvalue weighted by Gasteiger charge is 2.40. The zero-order chi connectivity index (χ0) is 18.9. The highest BCUT2D eigenvalue weighted by atomic mass is 32.2. The van der Waals surface area contributed by atoms with E-state index in [9.17, 15) is 13.2 Å². The Kier molecular flexibility index (Phi) is 5.17. The Morgan fingerprint density at radius 1 is 1.31 bits per heavy atom. The lowest BCUT2D eigenvalue weighted by Gasteiger charge is -2.16. The van der Waals surface area contributed by atoms with E-state index < -0.39 is 16.0 Å². The smallest absolute Gasteiger partial charge is 0.373 e. The molecule has 2 heterocycles. The van der Waals surface area contributed by atoms with Gasteiger partial charge in [0.05, 0.1) is 7.11 Å². The maximum atomic E-state index is 13.1. The van der Waals surface area contributed by atoms with Gasteiger partial charge in [-0.3, -0.25) is 0 Å². The van der Waals surface area contributed by atoms with E-state index in [1.54, 1.807) is 6.92 Å². The van der Waals surface area contributed by atoms with Crippen LogP contribution in [0.3, 0.4) is 0 Å². The third kappa shape index (κ3) is 3.27. The second-order valence-corrected chi connectivity index (χ2v) is 8.15. The summed E-state index contributed by atoms with van der Waals surface area (Å²) in [6.45, 7) is 2.26. The lowest BCUT2D eigenvalue weighted by atomic mass is 9.95. The summed E-state index contributed by atoms with van der Waals surface area (Å²) in [7, 11) is -2.61. The van der Waals surface area contributed by atoms with E-state index in [0.717, 1.165) is 5.56 Å². The molecule has 0 saturated carbocycles. The number of esters is 1. The molecule has 0 bridgehead atoms. The largest absolute Gasteiger partial charge is 0.463 e. The quantitative estimate of drug-likeness (QED) is 0.795. The first-order valence-corrected chi connectivity index (χ1v) is 9.84. The molecule has 26 heavy (non-hydrogen) atoms. The Balaban J connectivity index is 1.92. The van der Waals surface area contributed by atoms with E-state index in [-0.39, 0.29) is 41.5 Å². The Labute approximate surface area is 152 Å². The summed E-state index contributed by atoms with van der Waals surface area (Å²) in [6, 6.07) is 10.6. The Morgan fingerprint density at radius 3 is 2.62 bits per heavy atom. The van der Waals surface area contributed by atoms with Crippen LogP contribution in [0.1, 0.15) is 34.7 Å². The van der Waals surface area contributed by atoms with Crippen molar-refractivity contribution in [3.05, 3.63) is 53.5 Å². The number of rotatable bonds is 5. The van der Waals surface area contributed by atoms with Crippen LogP contribution in [0.4, 0.5) is 0 Å². The van der Waals surface area contributed by atoms with Crippen LogP contribution in [0.2, 0.25) is 0 Å². The molecule has 1 aromatic carbocycles. The lowest BCUT2D eigenvalue weighted by Crippen LogP contribution is -2.32. The average molecular weight is 378 g/mol. The van der Waals surface area contributed by atoms with Crippen molar-refractivity contribution < 1.29 is 22.4 Å². The van der Waals surface area contributed by atoms with Gasteiger partial charge in [-0.2, -0.15) is 4.31 Å². The fraction of sp³-hybridized carbons (Fsp3) is 0.389. The molecule has 1 aliphatic rings. The maximum Gasteiger partial charge on any atom is 0.373 e. The monoisotopic (exact) mass is 378 g/mol. The third-order valence-electron chi connectivity index (χ3n) is 4.66. The zero-order valence-electron chi connectivity index (χ0n) is 14.7. The van der Waals surface area contributed by atoms with Crippen molar-refractivity contribution in [2.24, 2.45) is 5.73 Å². The predicted octanol–water partition coefficient (Wildman–Crippen LogP) is 1.74. The molecule has 2 atom stereocenters. The number of carbonyl (C=O) groups is 1. The summed E-state index contributed by atoms with van der Waals surface area (Å²) in [5, 5.41) is 0. The molecule has 0 radical (unpaired) electrons. The van der Waals surface area contributed by atoms with Crippen molar-refractivity contribution in [2.75, 3.05) is 20.2 Å². The van der Waals surface area contributed by atoms with Crippen LogP contribution in [0.5, 0.6) is 0 Å². The highest BCUT2D eigenvalue weighted by Crippen LogP contribution is 2.32. The number of hydrogen-bond donors (Lipinski definition) is 1. The summed E-state index contributed by atoms with van der Waals surface area (Å²) in [6.07, 6.45) is 0.341. The van der Waals surface area contributed by atoms with Crippen LogP contribution < -0.4 is 5.73 Å². The lowest BCUT2D eigenvalue weighted by molar-refractivity contribution is 0.0563. The number of hydrogen-bond acceptors (Lipinski definition) is 6. The van der Waals surface area contributed by atoms with E-state index in [2.05, 4.69) is 4.74 Å². The zero-order valence-corrected chi connectivity index (χ0v) is 15.5. The van der Waals surface area contributed by atoms with Crippen molar-refractivity contribution in [1.29, 1.82) is 0 Å². The molecule has 1 aliphatic heterocycles. The number of sulfonamides is 1. The van der Waals surface area contributed by atoms with Gasteiger partial charge in [0, 0.05) is 37.5 Å². The van der Waals surface area contributed by atoms with Crippen molar-refractivity contribution in [2.45, 2.75) is 30.2 Å². The second kappa shape index (κ2) is 7.22. The van der Waals surface area contributed by atoms with E-state index in [4.69, 9.17) is 10.2 Å². The number of ether oxygens (including phenoxy) is 1. The predicted molar refractivity (Wildman–Crippen MR) is 95.3 cm³/mol. The summed E-state index contributed by atoms with van der Waals surface area (Å²) in [5.41, 5.74) is 7.23. The molecule has 0 aliphatic carbocycles. The van der Waals surface area contributed by atoms with E-state index in [1.165, 1.54) is 17.5 Å². The maximum absolute atomic E-state index is 13.1. The Morgan fingerprint density at radius 2 is 2.00 bits per heavy atom. The summed E-state index contributed by atoms with van der Waals surface area (Å²) >= 11 is 0. The topological polar surface area (TPSA) is 103 Å². The van der Waals surface area contributed by atoms with Gasteiger partial charge in [-0.05, 0) is 5.56 Å². The molecule has 1 aromatic heterocycles. The molecule has 7 nitrogen and oxygen atoms in total. The summed E-state index contributed by atoms with van der Waals surface area (Å²) < 4.78 is 37.6. The highest BCUT2D eigenvalue weighted by molar-refractivity contribution is 7.89. The molecule has 0 unspecified atom stereocenters. The minimum absolute atomic E-state index is 0.00121. The molecule has 3 rings (SSSR count). The second-order valence-electron chi connectivity index (χ2n) is 6.25. The average Bonchev–Trinajstić information content (AvgIpc) is 3.26. The molecular weight excluding hydrogens is 356 g/mol. The molecule has 2 N–H and O–H groups in total. The first kappa shape index (κ1) is 18.6. The van der Waals surface area contributed by atoms with Gasteiger partial charge < -0.3 is 14.9 Å². The van der Waals surface area contributed by atoms with Crippen LogP contribution >= 0.6 is 0 Å². The van der Waals surface area contributed by atoms with Crippen LogP contribution in [0, 0.1) is 0 Å². The van der Waals surface area contributed by atoms with Crippen molar-refractivity contribution in [1.82, 2.24) is 4.31 Å². The van der Waals surface area contributed by atoms with Gasteiger partial charge in [0.25, 0.3) is 0 Å². The first-order valence-electron chi connectivity index (χ1n) is 8.40. The molecular formula is C18H22N2O5S. The Bertz CT molecular complexity index is 892. The molecule has 2 aromatic rings. The van der Waals surface area contributed by atoms with Gasteiger partial charge in [-0.1, -0.05) is 37.3 Å². The van der Waals surface area contributed by atoms with E-state index in [1.807, 2.05) is 30.3 Å². The van der Waals surface area contributed by atoms with Gasteiger partial charge in [0.15, 0.2) is 0 Å². The summed E-state index contributed by atoms with van der Waals surface area (Å²) in [5.74, 6) is -0.669. The summed E-state index contributed by atoms with van der Waals surface area (Å²) in [4.78, 5) is 11.7. The van der Waals surface area contributed by atoms with Crippen LogP contribution in [-0.2, 0) is 21.2 Å². The number of carbonyl (C=O) groups excluding carboxylic acids is 1. The first-order chi connectivity index (χ1) is 12.4. The third-order valence-corrected chi connectivity index (χ3v) is 6.53. The number of nitrogens with zero attached hydrogens (tertiary/aromatic N) is 1. The van der Waals surface area contributed by atoms with E-state index >= 15 is 0 Å². The van der Waals surface area contributed by atoms with Gasteiger partial charge in [-0.25, -0.2) is 13.2 Å². The number of methoxy groups -OCH3 is 1. The fourth-order valence-electron chi connectivity index (χ4n) is 3.26. The SMILES string of the molecule is CCc1oc(C(=O)OC)cc1S(=O)(=O)N1C[C@@H](N)[C@H](c2ccccc2)C1. The normalized spacial score (nSPS) is 21.0. The van der Waals surface area contributed by atoms with Crippen LogP contribution in [-0.4, -0.2) is 44.9 Å². The van der Waals surface area contributed by atoms with Crippen LogP contribution in [0.25, 0.3) is 0 Å². The number of benzene rings is 1. The fourth-order valence-corrected chi connectivity index (χ4v) is 4.99. The minimum atomic E-state index is -3.82. The molecule has 8 heteroatoms. The van der Waals surface area contributed by atoms with Crippen LogP contribution in [0.15, 0.2) is 45.7 Å². The van der Waals surface area contributed by atoms with Crippen molar-refractivity contribution in [3.8, 4) is 0 Å². The van der Waals surface area contributed by atoms with Gasteiger partial charge >= 0.3 is 5.97 Å². The van der Waals surface area contributed by atoms with Gasteiger partial charge in [0.1, 0.15) is 10.7 Å². The molecule has 0 amide bonds. The molecule has 140 valence electrons. The van der Waals surface area contributed by atoms with Crippen molar-refractivity contribution >= 4 is 16.0 Å². The van der Waals surface area contributed by atoms with Gasteiger partial charge in [-0.15, -0.1) is 0 Å². The molecule has 1 saturated heterocycles. The van der Waals surface area contributed by atoms with E-state index in [0.29, 0.717) is 6.42 Å². The molecule has 1 fully saturated rings. The number of furan rings is 1. The Hall–Kier alpha value is -2.16. The number of nitrogens with two attached hydrogens (primary N) is 1. The molecule has 0 spiro atoms. The number of aryl methyl sites for hydroxylation is 1. The standard InChI is InChI=1S/C18H22N2O5S/c1-3-15-17(9-16(25-15)18(21)24-2)26(22,23)20-10-13(14(19)11-20)12-7-5-4-6-8-12/h4-9,13-14H,3,10-11,19H2,1-2H3/t13-,14+/m0/s1.